The van der Waals surface area contributed by atoms with Crippen molar-refractivity contribution in [1.82, 2.24) is 40.0 Å². The van der Waals surface area contributed by atoms with Crippen LogP contribution in [0.5, 0.6) is 5.75 Å². The van der Waals surface area contributed by atoms with Crippen molar-refractivity contribution in [3.63, 3.8) is 0 Å². The molecule has 0 amide bonds. The van der Waals surface area contributed by atoms with E-state index in [4.69, 9.17) is 9.84 Å². The van der Waals surface area contributed by atoms with Gasteiger partial charge in [-0.2, -0.15) is 9.31 Å². The summed E-state index contributed by atoms with van der Waals surface area (Å²) in [5.41, 5.74) is 3.52. The summed E-state index contributed by atoms with van der Waals surface area (Å²) >= 11 is 0. The molecule has 0 atom stereocenters. The Kier molecular flexibility index (Phi) is 5.03. The number of nitrogens with one attached hydrogen (secondary N) is 1. The molecule has 6 rings (SSSR count). The standard InChI is InChI=1S/C25H21N9O/c1-33-30-23(28-32-33)17-6-5-7-18(15-17)26-24-20-8-3-4-9-21(20)25-29-27-22(34(25)31-24)14-16-10-12-19(35-2)13-11-16/h3-13,15H,14H2,1-2H3,(H,26,31). The van der Waals surface area contributed by atoms with Crippen LogP contribution >= 0.6 is 0 Å². The molecule has 10 nitrogen and oxygen atoms in total. The van der Waals surface area contributed by atoms with E-state index in [0.29, 0.717) is 23.7 Å². The Morgan fingerprint density at radius 3 is 2.46 bits per heavy atom. The Hall–Kier alpha value is -4.86. The molecule has 3 aromatic heterocycles. The first kappa shape index (κ1) is 20.7. The van der Waals surface area contributed by atoms with Crippen LogP contribution in [0.1, 0.15) is 11.4 Å². The van der Waals surface area contributed by atoms with Crippen molar-refractivity contribution in [2.24, 2.45) is 7.05 Å². The van der Waals surface area contributed by atoms with Gasteiger partial charge in [-0.3, -0.25) is 0 Å². The van der Waals surface area contributed by atoms with Crippen LogP contribution < -0.4 is 10.1 Å². The second-order valence-electron chi connectivity index (χ2n) is 8.08. The number of benzene rings is 3. The number of aromatic nitrogens is 8. The highest BCUT2D eigenvalue weighted by molar-refractivity contribution is 6.00. The van der Waals surface area contributed by atoms with Gasteiger partial charge in [-0.15, -0.1) is 25.5 Å². The minimum absolute atomic E-state index is 0.560. The summed E-state index contributed by atoms with van der Waals surface area (Å²) in [6, 6.07) is 23.8. The third-order valence-electron chi connectivity index (χ3n) is 5.74. The molecule has 0 radical (unpaired) electrons. The van der Waals surface area contributed by atoms with E-state index >= 15 is 0 Å². The molecular weight excluding hydrogens is 442 g/mol. The summed E-state index contributed by atoms with van der Waals surface area (Å²) in [5, 5.41) is 31.5. The fourth-order valence-corrected chi connectivity index (χ4v) is 4.02. The van der Waals surface area contributed by atoms with E-state index in [1.165, 1.54) is 4.80 Å². The van der Waals surface area contributed by atoms with Gasteiger partial charge in [0.25, 0.3) is 0 Å². The zero-order chi connectivity index (χ0) is 23.8. The lowest BCUT2D eigenvalue weighted by molar-refractivity contribution is 0.414. The number of hydrogen-bond donors (Lipinski definition) is 1. The van der Waals surface area contributed by atoms with Gasteiger partial charge >= 0.3 is 0 Å². The molecule has 3 aromatic carbocycles. The fraction of sp³-hybridized carbons (Fsp3) is 0.120. The lowest BCUT2D eigenvalue weighted by Crippen LogP contribution is -2.05. The first-order valence-corrected chi connectivity index (χ1v) is 11.1. The molecule has 3 heterocycles. The summed E-state index contributed by atoms with van der Waals surface area (Å²) < 4.78 is 7.08. The van der Waals surface area contributed by atoms with Gasteiger partial charge < -0.3 is 10.1 Å². The molecule has 0 fully saturated rings. The second kappa shape index (κ2) is 8.49. The summed E-state index contributed by atoms with van der Waals surface area (Å²) in [5.74, 6) is 2.82. The number of hydrogen-bond acceptors (Lipinski definition) is 8. The number of methoxy groups -OCH3 is 1. The lowest BCUT2D eigenvalue weighted by atomic mass is 10.1. The van der Waals surface area contributed by atoms with Gasteiger partial charge in [0.1, 0.15) is 5.75 Å². The van der Waals surface area contributed by atoms with Crippen molar-refractivity contribution in [3.8, 4) is 17.1 Å². The summed E-state index contributed by atoms with van der Waals surface area (Å²) in [7, 11) is 3.40. The Balaban J connectivity index is 1.41. The first-order valence-electron chi connectivity index (χ1n) is 11.1. The molecule has 1 N–H and O–H groups in total. The number of ether oxygens (including phenoxy) is 1. The summed E-state index contributed by atoms with van der Waals surface area (Å²) in [6.45, 7) is 0. The Bertz CT molecular complexity index is 1650. The average Bonchev–Trinajstić information content (AvgIpc) is 3.51. The quantitative estimate of drug-likeness (QED) is 0.397. The SMILES string of the molecule is COc1ccc(Cc2nnc3c4ccccc4c(Nc4cccc(-c5nnn(C)n5)c4)nn23)cc1. The summed E-state index contributed by atoms with van der Waals surface area (Å²) in [6.07, 6.45) is 0.587. The second-order valence-corrected chi connectivity index (χ2v) is 8.08. The molecule has 35 heavy (non-hydrogen) atoms. The van der Waals surface area contributed by atoms with Gasteiger partial charge in [-0.1, -0.05) is 48.5 Å². The Morgan fingerprint density at radius 2 is 1.69 bits per heavy atom. The van der Waals surface area contributed by atoms with E-state index in [2.05, 4.69) is 30.9 Å². The minimum atomic E-state index is 0.560. The van der Waals surface area contributed by atoms with Crippen LogP contribution in [0.3, 0.4) is 0 Å². The van der Waals surface area contributed by atoms with Gasteiger partial charge in [-0.05, 0) is 35.0 Å². The molecule has 10 heteroatoms. The molecule has 0 aliphatic heterocycles. The Labute approximate surface area is 200 Å². The minimum Gasteiger partial charge on any atom is -0.497 e. The van der Waals surface area contributed by atoms with Crippen molar-refractivity contribution in [3.05, 3.63) is 84.2 Å². The van der Waals surface area contributed by atoms with Gasteiger partial charge in [-0.25, -0.2) is 0 Å². The van der Waals surface area contributed by atoms with Crippen LogP contribution in [0.15, 0.2) is 72.8 Å². The number of tetrazole rings is 1. The van der Waals surface area contributed by atoms with Gasteiger partial charge in [0, 0.05) is 28.4 Å². The van der Waals surface area contributed by atoms with Crippen molar-refractivity contribution in [2.45, 2.75) is 6.42 Å². The number of nitrogens with zero attached hydrogens (tertiary/aromatic N) is 8. The van der Waals surface area contributed by atoms with E-state index in [0.717, 1.165) is 39.2 Å². The van der Waals surface area contributed by atoms with E-state index in [-0.39, 0.29) is 0 Å². The molecule has 0 unspecified atom stereocenters. The maximum atomic E-state index is 5.27. The molecule has 0 aliphatic rings. The van der Waals surface area contributed by atoms with Crippen LogP contribution in [0.25, 0.3) is 27.8 Å². The highest BCUT2D eigenvalue weighted by atomic mass is 16.5. The third kappa shape index (κ3) is 3.90. The molecule has 0 saturated carbocycles. The third-order valence-corrected chi connectivity index (χ3v) is 5.74. The lowest BCUT2D eigenvalue weighted by Gasteiger charge is -2.11. The number of aryl methyl sites for hydroxylation is 1. The summed E-state index contributed by atoms with van der Waals surface area (Å²) in [4.78, 5) is 1.44. The van der Waals surface area contributed by atoms with E-state index in [1.807, 2.05) is 77.3 Å². The van der Waals surface area contributed by atoms with Crippen LogP contribution in [0, 0.1) is 0 Å². The molecule has 0 bridgehead atoms. The van der Waals surface area contributed by atoms with E-state index < -0.39 is 0 Å². The smallest absolute Gasteiger partial charge is 0.204 e. The van der Waals surface area contributed by atoms with Crippen molar-refractivity contribution in [1.29, 1.82) is 0 Å². The molecule has 0 aliphatic carbocycles. The van der Waals surface area contributed by atoms with E-state index in [1.54, 1.807) is 14.2 Å². The van der Waals surface area contributed by atoms with Gasteiger partial charge in [0.05, 0.1) is 14.2 Å². The zero-order valence-corrected chi connectivity index (χ0v) is 19.1. The van der Waals surface area contributed by atoms with Crippen LogP contribution in [0.4, 0.5) is 11.5 Å². The maximum Gasteiger partial charge on any atom is 0.204 e. The number of fused-ring (bicyclic) bond motifs is 3. The van der Waals surface area contributed by atoms with E-state index in [9.17, 15) is 0 Å². The first-order chi connectivity index (χ1) is 17.2. The topological polar surface area (TPSA) is 108 Å². The monoisotopic (exact) mass is 463 g/mol. The highest BCUT2D eigenvalue weighted by Crippen LogP contribution is 2.29. The number of anilines is 2. The maximum absolute atomic E-state index is 5.27. The predicted octanol–water partition coefficient (Wildman–Crippen LogP) is 3.81. The van der Waals surface area contributed by atoms with Crippen molar-refractivity contribution < 1.29 is 4.74 Å². The Morgan fingerprint density at radius 1 is 0.857 bits per heavy atom. The normalized spacial score (nSPS) is 11.3. The molecule has 6 aromatic rings. The van der Waals surface area contributed by atoms with Gasteiger partial charge in [0.15, 0.2) is 17.3 Å². The zero-order valence-electron chi connectivity index (χ0n) is 19.1. The largest absolute Gasteiger partial charge is 0.497 e. The molecular formula is C25H21N9O. The van der Waals surface area contributed by atoms with Crippen LogP contribution in [-0.4, -0.2) is 47.1 Å². The van der Waals surface area contributed by atoms with Crippen molar-refractivity contribution in [2.75, 3.05) is 12.4 Å². The molecule has 0 spiro atoms. The highest BCUT2D eigenvalue weighted by Gasteiger charge is 2.15. The van der Waals surface area contributed by atoms with Crippen molar-refractivity contribution >= 4 is 27.9 Å². The molecule has 172 valence electrons. The predicted molar refractivity (Wildman–Crippen MR) is 132 cm³/mol. The number of rotatable bonds is 6. The average molecular weight is 464 g/mol. The fourth-order valence-electron chi connectivity index (χ4n) is 4.02. The van der Waals surface area contributed by atoms with Crippen LogP contribution in [-0.2, 0) is 13.5 Å². The van der Waals surface area contributed by atoms with Crippen LogP contribution in [0.2, 0.25) is 0 Å². The van der Waals surface area contributed by atoms with Gasteiger partial charge in [0.2, 0.25) is 5.82 Å². The molecule has 0 saturated heterocycles.